The van der Waals surface area contributed by atoms with Gasteiger partial charge in [0, 0.05) is 20.4 Å². The molecule has 23 heavy (non-hydrogen) atoms. The first-order chi connectivity index (χ1) is 10.8. The van der Waals surface area contributed by atoms with Crippen molar-refractivity contribution in [2.75, 3.05) is 20.8 Å². The molecule has 2 aliphatic heterocycles. The number of aliphatic hydroxyl groups excluding tert-OH is 3. The number of aliphatic hydroxyl groups is 3. The summed E-state index contributed by atoms with van der Waals surface area (Å²) in [5.41, 5.74) is 0. The molecule has 132 valence electrons. The van der Waals surface area contributed by atoms with E-state index >= 15 is 0 Å². The van der Waals surface area contributed by atoms with Gasteiger partial charge in [0.2, 0.25) is 0 Å². The van der Waals surface area contributed by atoms with Crippen LogP contribution in [0.2, 0.25) is 0 Å². The second-order valence-electron chi connectivity index (χ2n) is 4.98. The number of aliphatic imine (C=N–C) groups is 1. The normalized spacial score (nSPS) is 37.9. The molecule has 1 saturated heterocycles. The Morgan fingerprint density at radius 3 is 2.57 bits per heavy atom. The van der Waals surface area contributed by atoms with Gasteiger partial charge in [-0.1, -0.05) is 0 Å². The van der Waals surface area contributed by atoms with Gasteiger partial charge in [-0.05, 0) is 11.8 Å². The largest absolute Gasteiger partial charge is 0.388 e. The predicted molar refractivity (Wildman–Crippen MR) is 81.5 cm³/mol. The zero-order valence-electron chi connectivity index (χ0n) is 12.4. The average Bonchev–Trinajstić information content (AvgIpc) is 2.81. The quantitative estimate of drug-likeness (QED) is 0.422. The van der Waals surface area contributed by atoms with Gasteiger partial charge in [0.15, 0.2) is 0 Å². The molecule has 0 aromatic carbocycles. The summed E-state index contributed by atoms with van der Waals surface area (Å²) >= 11 is 5.03. The number of hydrogen-bond donors (Lipinski definition) is 4. The molecule has 4 N–H and O–H groups in total. The molecule has 0 spiro atoms. The molecular formula is C11H19N2O8PS. The molecule has 2 heterocycles. The van der Waals surface area contributed by atoms with E-state index in [1.54, 1.807) is 0 Å². The maximum absolute atomic E-state index is 11.0. The summed E-state index contributed by atoms with van der Waals surface area (Å²) in [5, 5.41) is 32.2. The number of urea groups is 1. The van der Waals surface area contributed by atoms with E-state index in [0.717, 1.165) is 0 Å². The van der Waals surface area contributed by atoms with Crippen LogP contribution in [0.15, 0.2) is 4.99 Å². The van der Waals surface area contributed by atoms with Crippen LogP contribution in [0.4, 0.5) is 4.79 Å². The molecule has 0 radical (unpaired) electrons. The number of carbonyl (C=O) groups excluding carboxylic acids is 1. The number of hydrogen-bond acceptors (Lipinski definition) is 9. The van der Waals surface area contributed by atoms with Crippen LogP contribution in [-0.2, 0) is 30.1 Å². The van der Waals surface area contributed by atoms with Crippen LogP contribution < -0.4 is 5.32 Å². The van der Waals surface area contributed by atoms with Crippen molar-refractivity contribution < 1.29 is 38.4 Å². The SMILES string of the molecule is COP(=S)(OC)OCC1OC(C2C=NC(=O)NC2O)C(O)C1O. The number of rotatable bonds is 6. The van der Waals surface area contributed by atoms with Gasteiger partial charge in [-0.15, -0.1) is 0 Å². The van der Waals surface area contributed by atoms with E-state index in [2.05, 4.69) is 10.3 Å². The molecule has 0 aromatic rings. The zero-order chi connectivity index (χ0) is 17.2. The van der Waals surface area contributed by atoms with Crippen LogP contribution in [0, 0.1) is 5.92 Å². The summed E-state index contributed by atoms with van der Waals surface area (Å²) < 4.78 is 20.8. The smallest absolute Gasteiger partial charge is 0.342 e. The first kappa shape index (κ1) is 18.8. The number of amides is 2. The van der Waals surface area contributed by atoms with Crippen molar-refractivity contribution in [2.45, 2.75) is 30.6 Å². The minimum atomic E-state index is -2.92. The van der Waals surface area contributed by atoms with Gasteiger partial charge in [-0.25, -0.2) is 9.79 Å². The molecule has 1 fully saturated rings. The zero-order valence-corrected chi connectivity index (χ0v) is 14.1. The molecule has 2 rings (SSSR count). The lowest BCUT2D eigenvalue weighted by Gasteiger charge is -2.29. The maximum Gasteiger partial charge on any atom is 0.342 e. The fourth-order valence-corrected chi connectivity index (χ4v) is 3.21. The summed E-state index contributed by atoms with van der Waals surface area (Å²) in [5.74, 6) is -0.810. The van der Waals surface area contributed by atoms with Gasteiger partial charge in [0.25, 0.3) is 0 Å². The van der Waals surface area contributed by atoms with E-state index in [9.17, 15) is 20.1 Å². The van der Waals surface area contributed by atoms with Gasteiger partial charge in [0.1, 0.15) is 24.5 Å². The monoisotopic (exact) mass is 370 g/mol. The van der Waals surface area contributed by atoms with Crippen molar-refractivity contribution in [3.8, 4) is 0 Å². The van der Waals surface area contributed by atoms with Crippen LogP contribution >= 0.6 is 6.72 Å². The van der Waals surface area contributed by atoms with E-state index in [4.69, 9.17) is 30.1 Å². The van der Waals surface area contributed by atoms with Crippen molar-refractivity contribution in [2.24, 2.45) is 10.9 Å². The number of nitrogens with zero attached hydrogens (tertiary/aromatic N) is 1. The molecule has 0 saturated carbocycles. The Morgan fingerprint density at radius 1 is 1.35 bits per heavy atom. The molecule has 2 aliphatic rings. The summed E-state index contributed by atoms with van der Waals surface area (Å²) in [6.07, 6.45) is -4.54. The second-order valence-corrected chi connectivity index (χ2v) is 8.20. The molecule has 2 amide bonds. The van der Waals surface area contributed by atoms with Crippen LogP contribution in [0.3, 0.4) is 0 Å². The first-order valence-corrected chi connectivity index (χ1v) is 9.27. The van der Waals surface area contributed by atoms with E-state index in [0.29, 0.717) is 0 Å². The summed E-state index contributed by atoms with van der Waals surface area (Å²) in [7, 11) is 2.68. The third-order valence-electron chi connectivity index (χ3n) is 3.62. The van der Waals surface area contributed by atoms with E-state index in [1.165, 1.54) is 20.4 Å². The lowest BCUT2D eigenvalue weighted by molar-refractivity contribution is -0.0559. The fourth-order valence-electron chi connectivity index (χ4n) is 2.34. The van der Waals surface area contributed by atoms with Gasteiger partial charge >= 0.3 is 12.7 Å². The minimum Gasteiger partial charge on any atom is -0.388 e. The van der Waals surface area contributed by atoms with Gasteiger partial charge in [-0.3, -0.25) is 0 Å². The third kappa shape index (κ3) is 4.13. The molecule has 6 unspecified atom stereocenters. The van der Waals surface area contributed by atoms with E-state index in [-0.39, 0.29) is 6.61 Å². The van der Waals surface area contributed by atoms with Crippen LogP contribution in [0.25, 0.3) is 0 Å². The summed E-state index contributed by atoms with van der Waals surface area (Å²) in [6, 6.07) is -0.692. The molecule has 10 nitrogen and oxygen atoms in total. The second kappa shape index (κ2) is 7.60. The molecular weight excluding hydrogens is 351 g/mol. The number of nitrogens with one attached hydrogen (secondary N) is 1. The first-order valence-electron chi connectivity index (χ1n) is 6.71. The molecule has 0 bridgehead atoms. The topological polar surface area (TPSA) is 139 Å². The molecule has 0 aliphatic carbocycles. The van der Waals surface area contributed by atoms with Crippen LogP contribution in [0.1, 0.15) is 0 Å². The van der Waals surface area contributed by atoms with Crippen molar-refractivity contribution >= 4 is 30.8 Å². The van der Waals surface area contributed by atoms with Crippen molar-refractivity contribution in [1.29, 1.82) is 0 Å². The average molecular weight is 370 g/mol. The molecule has 0 aromatic heterocycles. The lowest BCUT2D eigenvalue weighted by Crippen LogP contribution is -2.51. The summed E-state index contributed by atoms with van der Waals surface area (Å²) in [6.45, 7) is -3.09. The standard InChI is InChI=1S/C11H19N2O8PS/c1-18-22(23,19-2)20-4-6-7(14)8(15)9(21-6)5-3-12-11(17)13-10(5)16/h3,5-10,14-16H,4H2,1-2H3,(H,13,17). The Bertz CT molecular complexity index is 512. The minimum absolute atomic E-state index is 0.167. The maximum atomic E-state index is 11.0. The highest BCUT2D eigenvalue weighted by Crippen LogP contribution is 2.48. The van der Waals surface area contributed by atoms with Crippen molar-refractivity contribution in [3.05, 3.63) is 0 Å². The number of carbonyl (C=O) groups is 1. The third-order valence-corrected chi connectivity index (χ3v) is 6.19. The van der Waals surface area contributed by atoms with Gasteiger partial charge in [-0.2, -0.15) is 0 Å². The lowest BCUT2D eigenvalue weighted by atomic mass is 9.95. The summed E-state index contributed by atoms with van der Waals surface area (Å²) in [4.78, 5) is 14.6. The van der Waals surface area contributed by atoms with E-state index in [1.807, 2.05) is 0 Å². The highest BCUT2D eigenvalue weighted by atomic mass is 32.5. The van der Waals surface area contributed by atoms with E-state index < -0.39 is 49.3 Å². The Hall–Kier alpha value is -0.490. The van der Waals surface area contributed by atoms with Crippen LogP contribution in [-0.4, -0.2) is 79.0 Å². The fraction of sp³-hybridized carbons (Fsp3) is 0.818. The Kier molecular flexibility index (Phi) is 6.22. The predicted octanol–water partition coefficient (Wildman–Crippen LogP) is -1.26. The highest BCUT2D eigenvalue weighted by Gasteiger charge is 2.49. The molecule has 12 heteroatoms. The van der Waals surface area contributed by atoms with Gasteiger partial charge in [0.05, 0.1) is 18.6 Å². The number of ether oxygens (including phenoxy) is 1. The van der Waals surface area contributed by atoms with Crippen molar-refractivity contribution in [3.63, 3.8) is 0 Å². The Morgan fingerprint density at radius 2 is 2.00 bits per heavy atom. The van der Waals surface area contributed by atoms with Gasteiger partial charge < -0.3 is 38.9 Å². The van der Waals surface area contributed by atoms with Crippen molar-refractivity contribution in [1.82, 2.24) is 5.32 Å². The highest BCUT2D eigenvalue weighted by molar-refractivity contribution is 8.07. The molecule has 6 atom stereocenters. The Balaban J connectivity index is 2.02. The van der Waals surface area contributed by atoms with Crippen LogP contribution in [0.5, 0.6) is 0 Å². The Labute approximate surface area is 137 Å².